The molecule has 0 aromatic carbocycles. The van der Waals surface area contributed by atoms with Crippen LogP contribution in [0, 0.1) is 17.3 Å². The number of aliphatic carboxylic acids is 1. The largest absolute Gasteiger partial charge is 0.490 e. The molecular formula is C22H28F3N3O4. The van der Waals surface area contributed by atoms with E-state index in [-0.39, 0.29) is 17.2 Å². The molecule has 0 bridgehead atoms. The average Bonchev–Trinajstić information content (AvgIpc) is 3.06. The number of likely N-dealkylation sites (tertiary alicyclic amines) is 1. The number of pyridine rings is 1. The zero-order chi connectivity index (χ0) is 23.4. The van der Waals surface area contributed by atoms with Crippen LogP contribution in [0.3, 0.4) is 0 Å². The number of nitrogens with zero attached hydrogens (tertiary/aromatic N) is 2. The van der Waals surface area contributed by atoms with Crippen LogP contribution in [0.5, 0.6) is 0 Å². The summed E-state index contributed by atoms with van der Waals surface area (Å²) in [7, 11) is 0. The molecule has 32 heavy (non-hydrogen) atoms. The standard InChI is InChI=1S/C20H27N3O2.C2HF3O2/c24-18(10-15-4-1-2-5-15)23-9-7-20(14-23)11-17(20)19(25)22-13-16-6-3-8-21-12-16;3-2(4,5)1(6)7/h3,6,8,12,15,17H,1-2,4-5,7,9-11,13-14H2,(H,22,25);(H,6,7). The lowest BCUT2D eigenvalue weighted by Crippen LogP contribution is -2.32. The number of carboxylic acids is 1. The van der Waals surface area contributed by atoms with Crippen LogP contribution in [-0.4, -0.2) is 52.0 Å². The summed E-state index contributed by atoms with van der Waals surface area (Å²) in [6, 6.07) is 3.85. The van der Waals surface area contributed by atoms with E-state index in [4.69, 9.17) is 9.90 Å². The number of rotatable bonds is 5. The molecule has 2 N–H and O–H groups in total. The van der Waals surface area contributed by atoms with E-state index < -0.39 is 12.1 Å². The summed E-state index contributed by atoms with van der Waals surface area (Å²) in [6.07, 6.45) is 6.04. The van der Waals surface area contributed by atoms with Crippen molar-refractivity contribution in [2.75, 3.05) is 13.1 Å². The van der Waals surface area contributed by atoms with Gasteiger partial charge in [-0.2, -0.15) is 13.2 Å². The molecule has 0 radical (unpaired) electrons. The van der Waals surface area contributed by atoms with Gasteiger partial charge in [0.15, 0.2) is 0 Å². The van der Waals surface area contributed by atoms with Crippen molar-refractivity contribution in [3.63, 3.8) is 0 Å². The number of halogens is 3. The third kappa shape index (κ3) is 6.20. The number of aromatic nitrogens is 1. The molecule has 2 aliphatic carbocycles. The Morgan fingerprint density at radius 3 is 2.53 bits per heavy atom. The molecule has 2 unspecified atom stereocenters. The molecular weight excluding hydrogens is 427 g/mol. The highest BCUT2D eigenvalue weighted by molar-refractivity contribution is 5.83. The van der Waals surface area contributed by atoms with Gasteiger partial charge in [-0.05, 0) is 43.2 Å². The van der Waals surface area contributed by atoms with Gasteiger partial charge in [-0.1, -0.05) is 18.9 Å². The third-order valence-electron chi connectivity index (χ3n) is 6.61. The van der Waals surface area contributed by atoms with Gasteiger partial charge in [-0.3, -0.25) is 14.6 Å². The first kappa shape index (κ1) is 24.0. The van der Waals surface area contributed by atoms with Crippen molar-refractivity contribution in [3.05, 3.63) is 30.1 Å². The minimum atomic E-state index is -5.08. The van der Waals surface area contributed by atoms with Gasteiger partial charge in [0.1, 0.15) is 0 Å². The second kappa shape index (κ2) is 9.87. The highest BCUT2D eigenvalue weighted by Gasteiger charge is 2.61. The Hall–Kier alpha value is -2.65. The molecule has 1 aromatic heterocycles. The van der Waals surface area contributed by atoms with Gasteiger partial charge >= 0.3 is 12.1 Å². The van der Waals surface area contributed by atoms with Gasteiger partial charge in [0.05, 0.1) is 0 Å². The van der Waals surface area contributed by atoms with Crippen LogP contribution < -0.4 is 5.32 Å². The molecule has 2 saturated carbocycles. The predicted octanol–water partition coefficient (Wildman–Crippen LogP) is 3.15. The molecule has 1 saturated heterocycles. The summed E-state index contributed by atoms with van der Waals surface area (Å²) in [5.41, 5.74) is 1.08. The number of alkyl halides is 3. The van der Waals surface area contributed by atoms with Gasteiger partial charge in [0.2, 0.25) is 11.8 Å². The zero-order valence-corrected chi connectivity index (χ0v) is 17.7. The quantitative estimate of drug-likeness (QED) is 0.711. The van der Waals surface area contributed by atoms with Gasteiger partial charge in [0.25, 0.3) is 0 Å². The van der Waals surface area contributed by atoms with Crippen LogP contribution in [0.25, 0.3) is 0 Å². The van der Waals surface area contributed by atoms with Gasteiger partial charge < -0.3 is 15.3 Å². The number of hydrogen-bond acceptors (Lipinski definition) is 4. The number of carboxylic acid groups (broad SMARTS) is 1. The minimum absolute atomic E-state index is 0.0599. The van der Waals surface area contributed by atoms with Crippen LogP contribution in [0.4, 0.5) is 13.2 Å². The molecule has 3 aliphatic rings. The number of carbonyl (C=O) groups excluding carboxylic acids is 2. The smallest absolute Gasteiger partial charge is 0.475 e. The van der Waals surface area contributed by atoms with Gasteiger partial charge in [-0.25, -0.2) is 4.79 Å². The first-order chi connectivity index (χ1) is 15.1. The number of nitrogens with one attached hydrogen (secondary N) is 1. The normalized spacial score (nSPS) is 24.7. The topological polar surface area (TPSA) is 99.6 Å². The van der Waals surface area contributed by atoms with Gasteiger partial charge in [-0.15, -0.1) is 0 Å². The maximum Gasteiger partial charge on any atom is 0.490 e. The first-order valence-electron chi connectivity index (χ1n) is 10.9. The first-order valence-corrected chi connectivity index (χ1v) is 10.9. The molecule has 2 heterocycles. The maximum atomic E-state index is 12.5. The molecule has 2 amide bonds. The average molecular weight is 455 g/mol. The lowest BCUT2D eigenvalue weighted by atomic mass is 10.0. The molecule has 7 nitrogen and oxygen atoms in total. The van der Waals surface area contributed by atoms with Gasteiger partial charge in [0, 0.05) is 49.8 Å². The van der Waals surface area contributed by atoms with Crippen molar-refractivity contribution in [2.45, 2.75) is 57.7 Å². The van der Waals surface area contributed by atoms with Crippen LogP contribution in [0.1, 0.15) is 50.5 Å². The molecule has 1 aromatic rings. The molecule has 1 aliphatic heterocycles. The number of carbonyl (C=O) groups is 3. The van der Waals surface area contributed by atoms with E-state index >= 15 is 0 Å². The second-order valence-electron chi connectivity index (χ2n) is 8.92. The summed E-state index contributed by atoms with van der Waals surface area (Å²) in [6.45, 7) is 2.14. The highest BCUT2D eigenvalue weighted by Crippen LogP contribution is 2.58. The van der Waals surface area contributed by atoms with E-state index in [0.29, 0.717) is 24.8 Å². The van der Waals surface area contributed by atoms with Crippen molar-refractivity contribution >= 4 is 17.8 Å². The Morgan fingerprint density at radius 2 is 1.94 bits per heavy atom. The summed E-state index contributed by atoms with van der Waals surface area (Å²) in [4.78, 5) is 40.0. The Balaban J connectivity index is 0.000000360. The van der Waals surface area contributed by atoms with Crippen LogP contribution >= 0.6 is 0 Å². The van der Waals surface area contributed by atoms with Crippen molar-refractivity contribution in [1.82, 2.24) is 15.2 Å². The molecule has 10 heteroatoms. The fourth-order valence-corrected chi connectivity index (χ4v) is 4.68. The predicted molar refractivity (Wildman–Crippen MR) is 108 cm³/mol. The fourth-order valence-electron chi connectivity index (χ4n) is 4.68. The number of amides is 2. The SMILES string of the molecule is O=C(NCc1cccnc1)C1CC12CCN(C(=O)CC1CCCC1)C2.O=C(O)C(F)(F)F. The van der Waals surface area contributed by atoms with E-state index in [1.807, 2.05) is 17.0 Å². The Morgan fingerprint density at radius 1 is 1.25 bits per heavy atom. The minimum Gasteiger partial charge on any atom is -0.475 e. The van der Waals surface area contributed by atoms with Crippen molar-refractivity contribution < 1.29 is 32.7 Å². The highest BCUT2D eigenvalue weighted by atomic mass is 19.4. The van der Waals surface area contributed by atoms with Crippen LogP contribution in [-0.2, 0) is 20.9 Å². The molecule has 4 rings (SSSR count). The zero-order valence-electron chi connectivity index (χ0n) is 17.7. The van der Waals surface area contributed by atoms with E-state index in [0.717, 1.165) is 31.5 Å². The van der Waals surface area contributed by atoms with Crippen molar-refractivity contribution in [1.29, 1.82) is 0 Å². The molecule has 1 spiro atoms. The summed E-state index contributed by atoms with van der Waals surface area (Å²) < 4.78 is 31.7. The van der Waals surface area contributed by atoms with Crippen molar-refractivity contribution in [2.24, 2.45) is 17.3 Å². The maximum absolute atomic E-state index is 12.5. The Kier molecular flexibility index (Phi) is 7.40. The molecule has 176 valence electrons. The van der Waals surface area contributed by atoms with E-state index in [9.17, 15) is 22.8 Å². The van der Waals surface area contributed by atoms with E-state index in [1.54, 1.807) is 12.4 Å². The molecule has 2 atom stereocenters. The van der Waals surface area contributed by atoms with Crippen LogP contribution in [0.15, 0.2) is 24.5 Å². The number of hydrogen-bond donors (Lipinski definition) is 2. The van der Waals surface area contributed by atoms with Crippen LogP contribution in [0.2, 0.25) is 0 Å². The van der Waals surface area contributed by atoms with E-state index in [2.05, 4.69) is 10.3 Å². The van der Waals surface area contributed by atoms with E-state index in [1.165, 1.54) is 25.7 Å². The monoisotopic (exact) mass is 455 g/mol. The third-order valence-corrected chi connectivity index (χ3v) is 6.61. The fraction of sp³-hybridized carbons (Fsp3) is 0.636. The second-order valence-corrected chi connectivity index (χ2v) is 8.92. The Bertz CT molecular complexity index is 827. The molecule has 3 fully saturated rings. The lowest BCUT2D eigenvalue weighted by Gasteiger charge is -2.19. The Labute approximate surface area is 184 Å². The summed E-state index contributed by atoms with van der Waals surface area (Å²) in [5, 5.41) is 10.2. The summed E-state index contributed by atoms with van der Waals surface area (Å²) in [5.74, 6) is -1.64. The summed E-state index contributed by atoms with van der Waals surface area (Å²) >= 11 is 0. The lowest BCUT2D eigenvalue weighted by molar-refractivity contribution is -0.192. The van der Waals surface area contributed by atoms with Crippen molar-refractivity contribution in [3.8, 4) is 0 Å².